The Balaban J connectivity index is 1.99. The first-order valence-electron chi connectivity index (χ1n) is 5.99. The molecule has 2 unspecified atom stereocenters. The minimum absolute atomic E-state index is 0.268. The van der Waals surface area contributed by atoms with Crippen LogP contribution in [-0.2, 0) is 6.42 Å². The molecular formula is C13H17ClFNO. The molecule has 0 aliphatic carbocycles. The van der Waals surface area contributed by atoms with Crippen LogP contribution in [0.3, 0.4) is 0 Å². The van der Waals surface area contributed by atoms with Crippen LogP contribution in [0.15, 0.2) is 18.2 Å². The van der Waals surface area contributed by atoms with Gasteiger partial charge in [-0.2, -0.15) is 0 Å². The fourth-order valence-corrected chi connectivity index (χ4v) is 2.53. The Hall–Kier alpha value is -0.640. The Bertz CT molecular complexity index is 380. The first-order valence-corrected chi connectivity index (χ1v) is 6.37. The standard InChI is InChI=1S/C13H17ClFNO/c14-12-7-11(15)4-3-9(12)6-13(17)10-2-1-5-16-8-10/h3-4,7,10,13,16-17H,1-2,5-6,8H2. The van der Waals surface area contributed by atoms with E-state index in [1.165, 1.54) is 12.1 Å². The molecule has 1 heterocycles. The van der Waals surface area contributed by atoms with Crippen molar-refractivity contribution in [3.05, 3.63) is 34.6 Å². The highest BCUT2D eigenvalue weighted by Crippen LogP contribution is 2.23. The quantitative estimate of drug-likeness (QED) is 0.872. The molecule has 1 aliphatic heterocycles. The largest absolute Gasteiger partial charge is 0.392 e. The summed E-state index contributed by atoms with van der Waals surface area (Å²) in [6.07, 6.45) is 2.21. The monoisotopic (exact) mass is 257 g/mol. The van der Waals surface area contributed by atoms with E-state index >= 15 is 0 Å². The molecule has 2 nitrogen and oxygen atoms in total. The topological polar surface area (TPSA) is 32.3 Å². The molecule has 17 heavy (non-hydrogen) atoms. The van der Waals surface area contributed by atoms with Crippen molar-refractivity contribution in [3.63, 3.8) is 0 Å². The van der Waals surface area contributed by atoms with E-state index in [0.29, 0.717) is 11.4 Å². The zero-order valence-corrected chi connectivity index (χ0v) is 10.4. The van der Waals surface area contributed by atoms with Gasteiger partial charge in [-0.3, -0.25) is 0 Å². The van der Waals surface area contributed by atoms with Crippen LogP contribution in [0.1, 0.15) is 18.4 Å². The van der Waals surface area contributed by atoms with E-state index in [2.05, 4.69) is 5.32 Å². The van der Waals surface area contributed by atoms with Crippen molar-refractivity contribution in [1.82, 2.24) is 5.32 Å². The fraction of sp³-hybridized carbons (Fsp3) is 0.538. The average Bonchev–Trinajstić information content (AvgIpc) is 2.34. The van der Waals surface area contributed by atoms with Gasteiger partial charge in [0.15, 0.2) is 0 Å². The summed E-state index contributed by atoms with van der Waals surface area (Å²) in [7, 11) is 0. The normalized spacial score (nSPS) is 22.4. The molecule has 94 valence electrons. The number of aliphatic hydroxyl groups excluding tert-OH is 1. The molecule has 1 aliphatic rings. The molecule has 1 aromatic rings. The Morgan fingerprint density at radius 2 is 2.35 bits per heavy atom. The van der Waals surface area contributed by atoms with Gasteiger partial charge in [0.25, 0.3) is 0 Å². The van der Waals surface area contributed by atoms with Crippen molar-refractivity contribution in [2.24, 2.45) is 5.92 Å². The van der Waals surface area contributed by atoms with Gasteiger partial charge in [0.1, 0.15) is 5.82 Å². The van der Waals surface area contributed by atoms with E-state index in [9.17, 15) is 9.50 Å². The van der Waals surface area contributed by atoms with Crippen LogP contribution in [0.2, 0.25) is 5.02 Å². The lowest BCUT2D eigenvalue weighted by Gasteiger charge is -2.27. The summed E-state index contributed by atoms with van der Waals surface area (Å²) in [6.45, 7) is 1.88. The second-order valence-corrected chi connectivity index (χ2v) is 5.02. The number of benzene rings is 1. The number of hydrogen-bond acceptors (Lipinski definition) is 2. The summed E-state index contributed by atoms with van der Waals surface area (Å²) in [5, 5.41) is 13.8. The van der Waals surface area contributed by atoms with E-state index in [-0.39, 0.29) is 11.7 Å². The number of rotatable bonds is 3. The summed E-state index contributed by atoms with van der Waals surface area (Å²) in [6, 6.07) is 4.33. The molecule has 2 atom stereocenters. The molecule has 0 bridgehead atoms. The zero-order chi connectivity index (χ0) is 12.3. The second-order valence-electron chi connectivity index (χ2n) is 4.61. The Morgan fingerprint density at radius 1 is 1.53 bits per heavy atom. The number of piperidine rings is 1. The van der Waals surface area contributed by atoms with Crippen LogP contribution in [0, 0.1) is 11.7 Å². The van der Waals surface area contributed by atoms with E-state index in [1.54, 1.807) is 6.07 Å². The number of halogens is 2. The molecule has 0 radical (unpaired) electrons. The predicted octanol–water partition coefficient (Wildman–Crippen LogP) is 2.38. The molecule has 0 aromatic heterocycles. The molecule has 2 N–H and O–H groups in total. The molecular weight excluding hydrogens is 241 g/mol. The van der Waals surface area contributed by atoms with E-state index < -0.39 is 6.10 Å². The minimum Gasteiger partial charge on any atom is -0.392 e. The number of aliphatic hydroxyl groups is 1. The van der Waals surface area contributed by atoms with E-state index in [1.807, 2.05) is 0 Å². The second kappa shape index (κ2) is 5.80. The third-order valence-electron chi connectivity index (χ3n) is 3.32. The van der Waals surface area contributed by atoms with E-state index in [0.717, 1.165) is 31.5 Å². The van der Waals surface area contributed by atoms with Gasteiger partial charge in [0.05, 0.1) is 6.10 Å². The SMILES string of the molecule is OC(Cc1ccc(F)cc1Cl)C1CCCNC1. The molecule has 2 rings (SSSR count). The highest BCUT2D eigenvalue weighted by atomic mass is 35.5. The zero-order valence-electron chi connectivity index (χ0n) is 9.63. The first kappa shape index (κ1) is 12.8. The molecule has 0 amide bonds. The lowest BCUT2D eigenvalue weighted by molar-refractivity contribution is 0.0922. The summed E-state index contributed by atoms with van der Waals surface area (Å²) in [5.41, 5.74) is 0.811. The third-order valence-corrected chi connectivity index (χ3v) is 3.68. The van der Waals surface area contributed by atoms with Gasteiger partial charge in [0.2, 0.25) is 0 Å². The maximum absolute atomic E-state index is 12.9. The first-order chi connectivity index (χ1) is 8.16. The smallest absolute Gasteiger partial charge is 0.124 e. The molecule has 1 aromatic carbocycles. The van der Waals surface area contributed by atoms with Gasteiger partial charge < -0.3 is 10.4 Å². The lowest BCUT2D eigenvalue weighted by Crippen LogP contribution is -2.37. The Kier molecular flexibility index (Phi) is 4.37. The summed E-state index contributed by atoms with van der Waals surface area (Å²) in [5.74, 6) is -0.0718. The van der Waals surface area contributed by atoms with Crippen molar-refractivity contribution in [2.75, 3.05) is 13.1 Å². The van der Waals surface area contributed by atoms with Crippen molar-refractivity contribution < 1.29 is 9.50 Å². The Morgan fingerprint density at radius 3 is 3.00 bits per heavy atom. The molecule has 0 saturated carbocycles. The maximum atomic E-state index is 12.9. The van der Waals surface area contributed by atoms with Crippen LogP contribution < -0.4 is 5.32 Å². The number of hydrogen-bond donors (Lipinski definition) is 2. The highest BCUT2D eigenvalue weighted by molar-refractivity contribution is 6.31. The minimum atomic E-state index is -0.411. The van der Waals surface area contributed by atoms with Gasteiger partial charge in [-0.1, -0.05) is 17.7 Å². The fourth-order valence-electron chi connectivity index (χ4n) is 2.29. The predicted molar refractivity (Wildman–Crippen MR) is 66.7 cm³/mol. The summed E-state index contributed by atoms with van der Waals surface area (Å²) >= 11 is 5.95. The Labute approximate surface area is 106 Å². The summed E-state index contributed by atoms with van der Waals surface area (Å²) in [4.78, 5) is 0. The molecule has 0 spiro atoms. The van der Waals surface area contributed by atoms with Crippen LogP contribution in [-0.4, -0.2) is 24.3 Å². The van der Waals surface area contributed by atoms with Crippen molar-refractivity contribution in [2.45, 2.75) is 25.4 Å². The van der Waals surface area contributed by atoms with Crippen LogP contribution >= 0.6 is 11.6 Å². The summed E-state index contributed by atoms with van der Waals surface area (Å²) < 4.78 is 12.9. The molecule has 1 saturated heterocycles. The van der Waals surface area contributed by atoms with Gasteiger partial charge in [-0.15, -0.1) is 0 Å². The van der Waals surface area contributed by atoms with E-state index in [4.69, 9.17) is 11.6 Å². The van der Waals surface area contributed by atoms with Gasteiger partial charge in [-0.05, 0) is 43.0 Å². The van der Waals surface area contributed by atoms with Gasteiger partial charge in [0, 0.05) is 18.0 Å². The van der Waals surface area contributed by atoms with Crippen LogP contribution in [0.25, 0.3) is 0 Å². The highest BCUT2D eigenvalue weighted by Gasteiger charge is 2.22. The van der Waals surface area contributed by atoms with Crippen molar-refractivity contribution in [3.8, 4) is 0 Å². The van der Waals surface area contributed by atoms with Gasteiger partial charge in [-0.25, -0.2) is 4.39 Å². The average molecular weight is 258 g/mol. The molecule has 1 fully saturated rings. The van der Waals surface area contributed by atoms with Crippen molar-refractivity contribution >= 4 is 11.6 Å². The van der Waals surface area contributed by atoms with Crippen LogP contribution in [0.4, 0.5) is 4.39 Å². The van der Waals surface area contributed by atoms with Crippen molar-refractivity contribution in [1.29, 1.82) is 0 Å². The molecule has 4 heteroatoms. The maximum Gasteiger partial charge on any atom is 0.124 e. The van der Waals surface area contributed by atoms with Crippen LogP contribution in [0.5, 0.6) is 0 Å². The van der Waals surface area contributed by atoms with Gasteiger partial charge >= 0.3 is 0 Å². The number of nitrogens with one attached hydrogen (secondary N) is 1. The third kappa shape index (κ3) is 3.41. The lowest BCUT2D eigenvalue weighted by atomic mass is 9.90.